The van der Waals surface area contributed by atoms with Gasteiger partial charge in [0.1, 0.15) is 0 Å². The highest BCUT2D eigenvalue weighted by Crippen LogP contribution is 2.47. The number of rotatable bonds is 7. The lowest BCUT2D eigenvalue weighted by Crippen LogP contribution is -2.60. The molecule has 4 fully saturated rings. The molecule has 2 N–H and O–H groups in total. The highest BCUT2D eigenvalue weighted by Gasteiger charge is 2.44. The van der Waals surface area contributed by atoms with Crippen molar-refractivity contribution < 1.29 is 17.9 Å². The van der Waals surface area contributed by atoms with Crippen molar-refractivity contribution in [2.75, 3.05) is 33.9 Å². The lowest BCUT2D eigenvalue weighted by Gasteiger charge is -2.47. The van der Waals surface area contributed by atoms with Crippen LogP contribution in [0.1, 0.15) is 69.0 Å². The van der Waals surface area contributed by atoms with Crippen molar-refractivity contribution in [3.63, 3.8) is 0 Å². The number of methoxy groups -OCH3 is 1. The first kappa shape index (κ1) is 27.3. The third-order valence-electron chi connectivity index (χ3n) is 9.91. The minimum atomic E-state index is -4.55. The Balaban J connectivity index is 1.29. The minimum absolute atomic E-state index is 0.0550. The summed E-state index contributed by atoms with van der Waals surface area (Å²) >= 11 is 0. The van der Waals surface area contributed by atoms with E-state index in [4.69, 9.17) is 4.74 Å². The molecule has 2 aromatic rings. The summed E-state index contributed by atoms with van der Waals surface area (Å²) < 4.78 is 51.0. The van der Waals surface area contributed by atoms with Gasteiger partial charge in [-0.25, -0.2) is 15.6 Å². The van der Waals surface area contributed by atoms with Crippen molar-refractivity contribution in [1.82, 2.24) is 29.6 Å². The zero-order valence-electron chi connectivity index (χ0n) is 23.1. The molecule has 2 saturated heterocycles. The average molecular weight is 551 g/mol. The maximum atomic E-state index is 14.2. The van der Waals surface area contributed by atoms with Gasteiger partial charge in [0.05, 0.1) is 29.5 Å². The summed E-state index contributed by atoms with van der Waals surface area (Å²) in [4.78, 5) is 18.0. The van der Waals surface area contributed by atoms with E-state index >= 15 is 0 Å². The van der Waals surface area contributed by atoms with Crippen LogP contribution in [0.5, 0.6) is 0 Å². The number of hydrazine groups is 1. The molecule has 11 heteroatoms. The van der Waals surface area contributed by atoms with E-state index in [2.05, 4.69) is 22.8 Å². The number of imidazole rings is 1. The minimum Gasteiger partial charge on any atom is -0.376 e. The Morgan fingerprint density at radius 3 is 2.46 bits per heavy atom. The van der Waals surface area contributed by atoms with Crippen LogP contribution in [0, 0.1) is 17.8 Å². The molecular weight excluding hydrogens is 509 g/mol. The van der Waals surface area contributed by atoms with Gasteiger partial charge in [-0.1, -0.05) is 25.7 Å². The summed E-state index contributed by atoms with van der Waals surface area (Å²) in [7, 11) is 3.78. The Morgan fingerprint density at radius 2 is 1.85 bits per heavy atom. The molecule has 4 heterocycles. The summed E-state index contributed by atoms with van der Waals surface area (Å²) in [5, 5.41) is 0. The van der Waals surface area contributed by atoms with Crippen LogP contribution >= 0.6 is 0 Å². The fourth-order valence-electron chi connectivity index (χ4n) is 7.64. The topological polar surface area (TPSA) is 66.2 Å². The quantitative estimate of drug-likeness (QED) is 0.547. The smallest absolute Gasteiger partial charge is 0.376 e. The molecule has 0 spiro atoms. The summed E-state index contributed by atoms with van der Waals surface area (Å²) in [5.41, 5.74) is 5.79. The van der Waals surface area contributed by atoms with E-state index in [9.17, 15) is 18.0 Å². The van der Waals surface area contributed by atoms with Crippen LogP contribution in [-0.4, -0.2) is 64.5 Å². The lowest BCUT2D eigenvalue weighted by molar-refractivity contribution is -0.136. The van der Waals surface area contributed by atoms with Crippen molar-refractivity contribution in [1.29, 1.82) is 0 Å². The van der Waals surface area contributed by atoms with E-state index in [-0.39, 0.29) is 29.0 Å². The van der Waals surface area contributed by atoms with Crippen LogP contribution in [0.2, 0.25) is 0 Å². The van der Waals surface area contributed by atoms with E-state index in [1.165, 1.54) is 35.9 Å². The monoisotopic (exact) mass is 550 g/mol. The van der Waals surface area contributed by atoms with Crippen LogP contribution in [0.4, 0.5) is 13.2 Å². The van der Waals surface area contributed by atoms with Crippen LogP contribution in [0.15, 0.2) is 23.3 Å². The number of aromatic nitrogens is 2. The van der Waals surface area contributed by atoms with Crippen molar-refractivity contribution in [3.8, 4) is 0 Å². The summed E-state index contributed by atoms with van der Waals surface area (Å²) in [6, 6.07) is 1.12. The van der Waals surface area contributed by atoms with Crippen molar-refractivity contribution in [3.05, 3.63) is 40.1 Å². The average Bonchev–Trinajstić information content (AvgIpc) is 3.42. The molecule has 4 atom stereocenters. The normalized spacial score (nSPS) is 29.4. The standard InChI is InChI=1S/C28H41F3N6O2/c1-27(39-3)15-35(16-27)12-18-10-22(28(29,30)31)23-14-36(26(38)37(23)13-18)21-9-5-8-20(11-21)24(19-6-4-7-19)25-33-32-17-34(25)2/h10,13-14,19-21,24-25,32-33H,4-9,11-12,15-17H2,1-3H3/t20?,21?,24-,25?/m1/s1. The van der Waals surface area contributed by atoms with Gasteiger partial charge in [-0.15, -0.1) is 0 Å². The molecule has 2 aliphatic carbocycles. The highest BCUT2D eigenvalue weighted by molar-refractivity contribution is 5.56. The predicted octanol–water partition coefficient (Wildman–Crippen LogP) is 3.81. The fourth-order valence-corrected chi connectivity index (χ4v) is 7.64. The van der Waals surface area contributed by atoms with Gasteiger partial charge in [-0.3, -0.25) is 18.8 Å². The predicted molar refractivity (Wildman–Crippen MR) is 142 cm³/mol. The summed E-state index contributed by atoms with van der Waals surface area (Å²) in [6.45, 7) is 4.41. The second kappa shape index (κ2) is 10.2. The highest BCUT2D eigenvalue weighted by atomic mass is 19.4. The van der Waals surface area contributed by atoms with Crippen LogP contribution < -0.4 is 16.5 Å². The maximum Gasteiger partial charge on any atom is 0.418 e. The van der Waals surface area contributed by atoms with Crippen LogP contribution in [-0.2, 0) is 17.5 Å². The number of nitrogens with zero attached hydrogens (tertiary/aromatic N) is 4. The fraction of sp³-hybridized carbons (Fsp3) is 0.750. The van der Waals surface area contributed by atoms with Gasteiger partial charge in [0.2, 0.25) is 0 Å². The van der Waals surface area contributed by atoms with Gasteiger partial charge in [-0.05, 0) is 62.6 Å². The van der Waals surface area contributed by atoms with Gasteiger partial charge >= 0.3 is 11.9 Å². The van der Waals surface area contributed by atoms with E-state index < -0.39 is 11.7 Å². The zero-order chi connectivity index (χ0) is 27.5. The van der Waals surface area contributed by atoms with Crippen LogP contribution in [0.3, 0.4) is 0 Å². The number of hydrogen-bond donors (Lipinski definition) is 2. The molecule has 3 unspecified atom stereocenters. The van der Waals surface area contributed by atoms with Gasteiger partial charge in [-0.2, -0.15) is 13.2 Å². The molecule has 2 aliphatic heterocycles. The number of pyridine rings is 1. The van der Waals surface area contributed by atoms with E-state index in [0.29, 0.717) is 43.0 Å². The number of halogens is 3. The molecular formula is C28H41F3N6O2. The molecule has 8 nitrogen and oxygen atoms in total. The Bertz CT molecular complexity index is 1250. The number of hydrogen-bond acceptors (Lipinski definition) is 6. The third-order valence-corrected chi connectivity index (χ3v) is 9.91. The van der Waals surface area contributed by atoms with E-state index in [1.807, 2.05) is 11.8 Å². The number of nitrogens with one attached hydrogen (secondary N) is 2. The lowest BCUT2D eigenvalue weighted by atomic mass is 9.65. The van der Waals surface area contributed by atoms with E-state index in [1.54, 1.807) is 17.9 Å². The number of likely N-dealkylation sites (tertiary alicyclic amines) is 1. The molecule has 4 aliphatic rings. The first-order chi connectivity index (χ1) is 18.6. The molecule has 0 amide bonds. The zero-order valence-corrected chi connectivity index (χ0v) is 23.1. The Kier molecular flexibility index (Phi) is 7.11. The Labute approximate surface area is 227 Å². The molecule has 2 aromatic heterocycles. The second-order valence-electron chi connectivity index (χ2n) is 12.7. The SMILES string of the molecule is COC1(C)CN(Cc2cc(C(F)(F)F)c3cn(C4CCCC([C@@H](C5CCC5)C5NNCN5C)C4)c(=O)n3c2)C1. The van der Waals surface area contributed by atoms with Gasteiger partial charge in [0.25, 0.3) is 0 Å². The van der Waals surface area contributed by atoms with Gasteiger partial charge < -0.3 is 4.74 Å². The molecule has 0 radical (unpaired) electrons. The van der Waals surface area contributed by atoms with E-state index in [0.717, 1.165) is 32.4 Å². The number of alkyl halides is 3. The van der Waals surface area contributed by atoms with Crippen molar-refractivity contribution >= 4 is 5.52 Å². The molecule has 0 bridgehead atoms. The molecule has 6 rings (SSSR count). The third kappa shape index (κ3) is 5.05. The maximum absolute atomic E-state index is 14.2. The second-order valence-corrected chi connectivity index (χ2v) is 12.7. The largest absolute Gasteiger partial charge is 0.418 e. The van der Waals surface area contributed by atoms with Gasteiger partial charge in [0.15, 0.2) is 0 Å². The first-order valence-electron chi connectivity index (χ1n) is 14.4. The Morgan fingerprint density at radius 1 is 1.13 bits per heavy atom. The first-order valence-corrected chi connectivity index (χ1v) is 14.4. The summed E-state index contributed by atoms with van der Waals surface area (Å²) in [5.74, 6) is 1.53. The summed E-state index contributed by atoms with van der Waals surface area (Å²) in [6.07, 6.45) is 6.19. The Hall–Kier alpha value is -1.92. The molecule has 0 aromatic carbocycles. The van der Waals surface area contributed by atoms with Gasteiger partial charge in [0, 0.05) is 45.2 Å². The number of fused-ring (bicyclic) bond motifs is 1. The van der Waals surface area contributed by atoms with Crippen molar-refractivity contribution in [2.45, 2.75) is 82.4 Å². The van der Waals surface area contributed by atoms with Crippen molar-refractivity contribution in [2.24, 2.45) is 17.8 Å². The molecule has 39 heavy (non-hydrogen) atoms. The molecule has 2 saturated carbocycles. The van der Waals surface area contributed by atoms with Crippen LogP contribution in [0.25, 0.3) is 5.52 Å². The molecule has 216 valence electrons. The number of ether oxygens (including phenoxy) is 1.